The summed E-state index contributed by atoms with van der Waals surface area (Å²) in [6.07, 6.45) is 3.02. The van der Waals surface area contributed by atoms with Gasteiger partial charge in [0.05, 0.1) is 18.2 Å². The summed E-state index contributed by atoms with van der Waals surface area (Å²) in [6.45, 7) is 0.152. The van der Waals surface area contributed by atoms with Gasteiger partial charge < -0.3 is 9.47 Å². The number of ether oxygens (including phenoxy) is 2. The third-order valence-electron chi connectivity index (χ3n) is 2.77. The molecule has 0 N–H and O–H groups in total. The van der Waals surface area contributed by atoms with Gasteiger partial charge >= 0.3 is 5.97 Å². The summed E-state index contributed by atoms with van der Waals surface area (Å²) in [5.41, 5.74) is 0.900. The molecule has 114 valence electrons. The lowest BCUT2D eigenvalue weighted by Gasteiger charge is -2.07. The fraction of sp³-hybridized carbons (Fsp3) is 0.188. The number of thioether (sulfide) groups is 1. The third kappa shape index (κ3) is 4.33. The Morgan fingerprint density at radius 3 is 2.73 bits per heavy atom. The van der Waals surface area contributed by atoms with Gasteiger partial charge in [-0.1, -0.05) is 23.9 Å². The minimum atomic E-state index is -0.446. The van der Waals surface area contributed by atoms with Crippen molar-refractivity contribution in [2.24, 2.45) is 0 Å². The average molecular weight is 317 g/mol. The number of methoxy groups -OCH3 is 1. The molecule has 0 spiro atoms. The predicted molar refractivity (Wildman–Crippen MR) is 84.3 cm³/mol. The average Bonchev–Trinajstić information content (AvgIpc) is 2.59. The van der Waals surface area contributed by atoms with E-state index in [9.17, 15) is 9.59 Å². The number of benzene rings is 1. The van der Waals surface area contributed by atoms with Crippen molar-refractivity contribution in [2.45, 2.75) is 0 Å². The summed E-state index contributed by atoms with van der Waals surface area (Å²) in [6, 6.07) is 10.3. The quantitative estimate of drug-likeness (QED) is 0.603. The van der Waals surface area contributed by atoms with Crippen molar-refractivity contribution in [1.29, 1.82) is 0 Å². The number of aromatic nitrogens is 1. The van der Waals surface area contributed by atoms with Gasteiger partial charge in [0, 0.05) is 18.1 Å². The number of carbonyl (C=O) groups excluding carboxylic acids is 2. The van der Waals surface area contributed by atoms with Crippen LogP contribution in [0, 0.1) is 0 Å². The summed E-state index contributed by atoms with van der Waals surface area (Å²) < 4.78 is 10.2. The lowest BCUT2D eigenvalue weighted by atomic mass is 10.2. The zero-order valence-corrected chi connectivity index (χ0v) is 12.8. The summed E-state index contributed by atoms with van der Waals surface area (Å²) in [4.78, 5) is 27.6. The van der Waals surface area contributed by atoms with Gasteiger partial charge in [-0.25, -0.2) is 4.79 Å². The Kier molecular flexibility index (Phi) is 5.97. The van der Waals surface area contributed by atoms with E-state index < -0.39 is 5.97 Å². The number of rotatable bonds is 6. The molecule has 6 heteroatoms. The highest BCUT2D eigenvalue weighted by atomic mass is 32.2. The number of esters is 1. The van der Waals surface area contributed by atoms with Crippen molar-refractivity contribution in [3.63, 3.8) is 0 Å². The van der Waals surface area contributed by atoms with Crippen LogP contribution in [0.4, 0.5) is 0 Å². The van der Waals surface area contributed by atoms with Crippen LogP contribution in [0.5, 0.6) is 5.75 Å². The largest absolute Gasteiger partial charge is 0.496 e. The molecule has 0 atom stereocenters. The SMILES string of the molecule is COc1ccccc1C(=O)SCCOC(=O)c1cccnc1. The second-order valence-corrected chi connectivity index (χ2v) is 5.28. The van der Waals surface area contributed by atoms with E-state index in [1.165, 1.54) is 13.3 Å². The molecular weight excluding hydrogens is 302 g/mol. The molecule has 0 bridgehead atoms. The van der Waals surface area contributed by atoms with E-state index in [-0.39, 0.29) is 11.7 Å². The van der Waals surface area contributed by atoms with Crippen molar-refractivity contribution in [2.75, 3.05) is 19.5 Å². The highest BCUT2D eigenvalue weighted by molar-refractivity contribution is 8.14. The van der Waals surface area contributed by atoms with Gasteiger partial charge in [-0.3, -0.25) is 9.78 Å². The van der Waals surface area contributed by atoms with Gasteiger partial charge in [0.1, 0.15) is 12.4 Å². The van der Waals surface area contributed by atoms with Crippen molar-refractivity contribution in [1.82, 2.24) is 4.98 Å². The Morgan fingerprint density at radius 1 is 1.18 bits per heavy atom. The summed E-state index contributed by atoms with van der Waals surface area (Å²) in [5.74, 6) is 0.467. The molecular formula is C16H15NO4S. The van der Waals surface area contributed by atoms with Gasteiger partial charge in [0.25, 0.3) is 0 Å². The van der Waals surface area contributed by atoms with Crippen LogP contribution in [0.2, 0.25) is 0 Å². The molecule has 0 saturated heterocycles. The summed E-state index contributed by atoms with van der Waals surface area (Å²) in [7, 11) is 1.52. The lowest BCUT2D eigenvalue weighted by Crippen LogP contribution is -2.09. The minimum absolute atomic E-state index is 0.116. The number of carbonyl (C=O) groups is 2. The molecule has 0 fully saturated rings. The lowest BCUT2D eigenvalue weighted by molar-refractivity contribution is 0.0529. The van der Waals surface area contributed by atoms with Crippen molar-refractivity contribution in [3.05, 3.63) is 59.9 Å². The first kappa shape index (κ1) is 16.0. The zero-order chi connectivity index (χ0) is 15.8. The molecule has 22 heavy (non-hydrogen) atoms. The van der Waals surface area contributed by atoms with E-state index in [4.69, 9.17) is 9.47 Å². The van der Waals surface area contributed by atoms with Crippen LogP contribution < -0.4 is 4.74 Å². The van der Waals surface area contributed by atoms with Gasteiger partial charge in [-0.15, -0.1) is 0 Å². The molecule has 0 aliphatic carbocycles. The maximum absolute atomic E-state index is 12.1. The van der Waals surface area contributed by atoms with Gasteiger partial charge in [-0.05, 0) is 24.3 Å². The van der Waals surface area contributed by atoms with Crippen LogP contribution in [0.15, 0.2) is 48.8 Å². The van der Waals surface area contributed by atoms with E-state index in [0.29, 0.717) is 22.6 Å². The fourth-order valence-electron chi connectivity index (χ4n) is 1.73. The third-order valence-corrected chi connectivity index (χ3v) is 3.63. The molecule has 1 aromatic carbocycles. The maximum Gasteiger partial charge on any atom is 0.339 e. The minimum Gasteiger partial charge on any atom is -0.496 e. The molecule has 0 aliphatic heterocycles. The molecule has 1 aromatic heterocycles. The summed E-state index contributed by atoms with van der Waals surface area (Å²) in [5, 5.41) is -0.116. The highest BCUT2D eigenvalue weighted by Gasteiger charge is 2.12. The fourth-order valence-corrected chi connectivity index (χ4v) is 2.40. The van der Waals surface area contributed by atoms with Gasteiger partial charge in [-0.2, -0.15) is 0 Å². The first-order valence-corrected chi connectivity index (χ1v) is 7.58. The molecule has 5 nitrogen and oxygen atoms in total. The van der Waals surface area contributed by atoms with Crippen LogP contribution in [-0.4, -0.2) is 35.5 Å². The van der Waals surface area contributed by atoms with Gasteiger partial charge in [0.15, 0.2) is 0 Å². The predicted octanol–water partition coefficient (Wildman–Crippen LogP) is 2.82. The van der Waals surface area contributed by atoms with Crippen molar-refractivity contribution >= 4 is 22.8 Å². The smallest absolute Gasteiger partial charge is 0.339 e. The van der Waals surface area contributed by atoms with E-state index in [1.54, 1.807) is 42.6 Å². The maximum atomic E-state index is 12.1. The Hall–Kier alpha value is -2.34. The number of hydrogen-bond donors (Lipinski definition) is 0. The van der Waals surface area contributed by atoms with Crippen LogP contribution in [0.1, 0.15) is 20.7 Å². The Balaban J connectivity index is 1.79. The van der Waals surface area contributed by atoms with E-state index in [1.807, 2.05) is 0 Å². The highest BCUT2D eigenvalue weighted by Crippen LogP contribution is 2.22. The summed E-state index contributed by atoms with van der Waals surface area (Å²) >= 11 is 1.08. The first-order chi connectivity index (χ1) is 10.7. The molecule has 0 aliphatic rings. The normalized spacial score (nSPS) is 10.0. The van der Waals surface area contributed by atoms with Crippen LogP contribution in [-0.2, 0) is 4.74 Å². The van der Waals surface area contributed by atoms with E-state index in [0.717, 1.165) is 11.8 Å². The number of pyridine rings is 1. The molecule has 0 amide bonds. The van der Waals surface area contributed by atoms with Crippen LogP contribution in [0.3, 0.4) is 0 Å². The topological polar surface area (TPSA) is 65.5 Å². The molecule has 2 rings (SSSR count). The second kappa shape index (κ2) is 8.19. The first-order valence-electron chi connectivity index (χ1n) is 6.59. The van der Waals surface area contributed by atoms with Crippen molar-refractivity contribution < 1.29 is 19.1 Å². The number of nitrogens with zero attached hydrogens (tertiary/aromatic N) is 1. The van der Waals surface area contributed by atoms with Gasteiger partial charge in [0.2, 0.25) is 5.12 Å². The van der Waals surface area contributed by atoms with Crippen LogP contribution in [0.25, 0.3) is 0 Å². The van der Waals surface area contributed by atoms with Crippen LogP contribution >= 0.6 is 11.8 Å². The molecule has 0 radical (unpaired) electrons. The monoisotopic (exact) mass is 317 g/mol. The Labute approximate surface area is 132 Å². The van der Waals surface area contributed by atoms with E-state index in [2.05, 4.69) is 4.98 Å². The molecule has 0 unspecified atom stereocenters. The second-order valence-electron chi connectivity index (χ2n) is 4.21. The number of para-hydroxylation sites is 1. The number of hydrogen-bond acceptors (Lipinski definition) is 6. The van der Waals surface area contributed by atoms with E-state index >= 15 is 0 Å². The molecule has 2 aromatic rings. The Bertz CT molecular complexity index is 646. The zero-order valence-electron chi connectivity index (χ0n) is 12.0. The Morgan fingerprint density at radius 2 is 2.00 bits per heavy atom. The standard InChI is InChI=1S/C16H15NO4S/c1-20-14-7-3-2-6-13(14)16(19)22-10-9-21-15(18)12-5-4-8-17-11-12/h2-8,11H,9-10H2,1H3. The molecule has 0 saturated carbocycles. The molecule has 1 heterocycles. The van der Waals surface area contributed by atoms with Crippen molar-refractivity contribution in [3.8, 4) is 5.75 Å².